The molecule has 0 unspecified atom stereocenters. The van der Waals surface area contributed by atoms with Gasteiger partial charge in [-0.15, -0.1) is 0 Å². The lowest BCUT2D eigenvalue weighted by atomic mass is 9.84. The molecule has 0 atom stereocenters. The molecule has 3 nitrogen and oxygen atoms in total. The Kier molecular flexibility index (Phi) is 5.16. The second-order valence-corrected chi connectivity index (χ2v) is 4.99. The molecular weight excluding hydrogens is 210 g/mol. The van der Waals surface area contributed by atoms with E-state index in [1.807, 2.05) is 30.3 Å². The van der Waals surface area contributed by atoms with Crippen LogP contribution >= 0.6 is 0 Å². The predicted molar refractivity (Wildman–Crippen MR) is 74.0 cm³/mol. The quantitative estimate of drug-likeness (QED) is 0.363. The van der Waals surface area contributed by atoms with E-state index in [0.717, 1.165) is 11.5 Å². The maximum absolute atomic E-state index is 5.62. The number of rotatable bonds is 4. The Morgan fingerprint density at radius 3 is 2.00 bits per heavy atom. The van der Waals surface area contributed by atoms with E-state index in [1.54, 1.807) is 0 Å². The summed E-state index contributed by atoms with van der Waals surface area (Å²) in [5, 5.41) is 0. The average Bonchev–Trinajstić information content (AvgIpc) is 2.28. The summed E-state index contributed by atoms with van der Waals surface area (Å²) in [6, 6.07) is 9.90. The first-order valence-electron chi connectivity index (χ1n) is 6.16. The van der Waals surface area contributed by atoms with Crippen LogP contribution < -0.4 is 11.3 Å². The van der Waals surface area contributed by atoms with Crippen LogP contribution in [0.1, 0.15) is 27.7 Å². The standard InChI is InChI=1S/C14H23N3/c1-10(2)13(11(3)4)14(17-15)16-12-8-6-5-7-9-12/h5-11,13H,15H2,1-4H3,(H,16,17). The molecule has 0 radical (unpaired) electrons. The van der Waals surface area contributed by atoms with Crippen molar-refractivity contribution in [2.24, 2.45) is 28.6 Å². The molecule has 1 aromatic carbocycles. The molecule has 0 aliphatic rings. The smallest absolute Gasteiger partial charge is 0.120 e. The lowest BCUT2D eigenvalue weighted by Gasteiger charge is -2.26. The van der Waals surface area contributed by atoms with Crippen molar-refractivity contribution >= 4 is 11.5 Å². The van der Waals surface area contributed by atoms with Crippen LogP contribution in [0.5, 0.6) is 0 Å². The van der Waals surface area contributed by atoms with Gasteiger partial charge >= 0.3 is 0 Å². The van der Waals surface area contributed by atoms with Crippen molar-refractivity contribution in [2.75, 3.05) is 0 Å². The number of hydrogen-bond acceptors (Lipinski definition) is 2. The van der Waals surface area contributed by atoms with Gasteiger partial charge in [0.2, 0.25) is 0 Å². The minimum Gasteiger partial charge on any atom is -0.312 e. The van der Waals surface area contributed by atoms with Crippen LogP contribution in [-0.4, -0.2) is 5.84 Å². The molecular formula is C14H23N3. The van der Waals surface area contributed by atoms with Crippen LogP contribution in [0.3, 0.4) is 0 Å². The molecule has 0 saturated heterocycles. The number of hydrazine groups is 1. The van der Waals surface area contributed by atoms with E-state index in [9.17, 15) is 0 Å². The summed E-state index contributed by atoms with van der Waals surface area (Å²) >= 11 is 0. The fraction of sp³-hybridized carbons (Fsp3) is 0.500. The summed E-state index contributed by atoms with van der Waals surface area (Å²) in [7, 11) is 0. The van der Waals surface area contributed by atoms with Crippen molar-refractivity contribution in [3.8, 4) is 0 Å². The summed E-state index contributed by atoms with van der Waals surface area (Å²) in [6.45, 7) is 8.79. The molecule has 0 aromatic heterocycles. The highest BCUT2D eigenvalue weighted by atomic mass is 15.3. The van der Waals surface area contributed by atoms with Crippen molar-refractivity contribution < 1.29 is 0 Å². The number of nitrogens with zero attached hydrogens (tertiary/aromatic N) is 1. The number of para-hydroxylation sites is 1. The molecule has 0 spiro atoms. The van der Waals surface area contributed by atoms with Gasteiger partial charge in [-0.2, -0.15) is 0 Å². The number of aliphatic imine (C=N–C) groups is 1. The highest BCUT2D eigenvalue weighted by Crippen LogP contribution is 2.23. The van der Waals surface area contributed by atoms with E-state index in [2.05, 4.69) is 38.1 Å². The van der Waals surface area contributed by atoms with E-state index < -0.39 is 0 Å². The zero-order valence-corrected chi connectivity index (χ0v) is 11.1. The Morgan fingerprint density at radius 2 is 1.59 bits per heavy atom. The molecule has 0 aliphatic heterocycles. The molecule has 0 bridgehead atoms. The molecule has 0 fully saturated rings. The zero-order valence-electron chi connectivity index (χ0n) is 11.1. The first-order valence-corrected chi connectivity index (χ1v) is 6.16. The topological polar surface area (TPSA) is 50.4 Å². The number of amidine groups is 1. The van der Waals surface area contributed by atoms with Crippen molar-refractivity contribution in [2.45, 2.75) is 27.7 Å². The molecule has 17 heavy (non-hydrogen) atoms. The predicted octanol–water partition coefficient (Wildman–Crippen LogP) is 3.11. The van der Waals surface area contributed by atoms with Crippen LogP contribution in [0.2, 0.25) is 0 Å². The Balaban J connectivity index is 3.01. The number of benzene rings is 1. The van der Waals surface area contributed by atoms with Crippen LogP contribution in [0.4, 0.5) is 5.69 Å². The molecule has 0 saturated carbocycles. The van der Waals surface area contributed by atoms with Gasteiger partial charge in [0.05, 0.1) is 5.69 Å². The van der Waals surface area contributed by atoms with Gasteiger partial charge in [0.15, 0.2) is 0 Å². The molecule has 1 aromatic rings. The van der Waals surface area contributed by atoms with Crippen LogP contribution in [0.25, 0.3) is 0 Å². The Hall–Kier alpha value is -1.35. The fourth-order valence-corrected chi connectivity index (χ4v) is 2.25. The third-order valence-corrected chi connectivity index (χ3v) is 2.91. The van der Waals surface area contributed by atoms with Crippen LogP contribution in [0.15, 0.2) is 35.3 Å². The van der Waals surface area contributed by atoms with Crippen molar-refractivity contribution in [3.63, 3.8) is 0 Å². The molecule has 3 N–H and O–H groups in total. The number of nitrogens with two attached hydrogens (primary N) is 1. The van der Waals surface area contributed by atoms with Crippen molar-refractivity contribution in [3.05, 3.63) is 30.3 Å². The number of hydrogen-bond donors (Lipinski definition) is 2. The lowest BCUT2D eigenvalue weighted by Crippen LogP contribution is -2.40. The van der Waals surface area contributed by atoms with E-state index in [0.29, 0.717) is 17.8 Å². The highest BCUT2D eigenvalue weighted by Gasteiger charge is 2.23. The van der Waals surface area contributed by atoms with E-state index in [1.165, 1.54) is 0 Å². The molecule has 3 heteroatoms. The average molecular weight is 233 g/mol. The van der Waals surface area contributed by atoms with Gasteiger partial charge in [0, 0.05) is 5.92 Å². The monoisotopic (exact) mass is 233 g/mol. The normalized spacial score (nSPS) is 12.6. The summed E-state index contributed by atoms with van der Waals surface area (Å²) in [5.74, 6) is 7.84. The van der Waals surface area contributed by atoms with Crippen LogP contribution in [-0.2, 0) is 0 Å². The minimum absolute atomic E-state index is 0.347. The molecule has 0 aliphatic carbocycles. The largest absolute Gasteiger partial charge is 0.312 e. The maximum atomic E-state index is 5.62. The summed E-state index contributed by atoms with van der Waals surface area (Å²) in [4.78, 5) is 4.60. The van der Waals surface area contributed by atoms with Gasteiger partial charge in [-0.05, 0) is 24.0 Å². The number of nitrogens with one attached hydrogen (secondary N) is 1. The Labute approximate surface area is 104 Å². The molecule has 0 heterocycles. The second kappa shape index (κ2) is 6.40. The molecule has 94 valence electrons. The maximum Gasteiger partial charge on any atom is 0.120 e. The van der Waals surface area contributed by atoms with E-state index in [-0.39, 0.29) is 0 Å². The Bertz CT molecular complexity index is 347. The second-order valence-electron chi connectivity index (χ2n) is 4.99. The Morgan fingerprint density at radius 1 is 1.06 bits per heavy atom. The third-order valence-electron chi connectivity index (χ3n) is 2.91. The zero-order chi connectivity index (χ0) is 12.8. The van der Waals surface area contributed by atoms with Gasteiger partial charge in [-0.25, -0.2) is 10.8 Å². The van der Waals surface area contributed by atoms with Crippen LogP contribution in [0, 0.1) is 17.8 Å². The van der Waals surface area contributed by atoms with Gasteiger partial charge in [0.1, 0.15) is 5.84 Å². The van der Waals surface area contributed by atoms with Gasteiger partial charge in [-0.1, -0.05) is 45.9 Å². The third kappa shape index (κ3) is 3.86. The van der Waals surface area contributed by atoms with E-state index >= 15 is 0 Å². The first kappa shape index (κ1) is 13.7. The summed E-state index contributed by atoms with van der Waals surface area (Å²) < 4.78 is 0. The first-order chi connectivity index (χ1) is 8.06. The SMILES string of the molecule is CC(C)C(C(=Nc1ccccc1)NN)C(C)C. The lowest BCUT2D eigenvalue weighted by molar-refractivity contribution is 0.373. The van der Waals surface area contributed by atoms with E-state index in [4.69, 9.17) is 5.84 Å². The fourth-order valence-electron chi connectivity index (χ4n) is 2.25. The molecule has 0 amide bonds. The van der Waals surface area contributed by atoms with Gasteiger partial charge in [0.25, 0.3) is 0 Å². The summed E-state index contributed by atoms with van der Waals surface area (Å²) in [6.07, 6.45) is 0. The minimum atomic E-state index is 0.347. The van der Waals surface area contributed by atoms with Gasteiger partial charge < -0.3 is 5.43 Å². The molecule has 1 rings (SSSR count). The highest BCUT2D eigenvalue weighted by molar-refractivity contribution is 5.86. The van der Waals surface area contributed by atoms with Crippen molar-refractivity contribution in [1.29, 1.82) is 0 Å². The van der Waals surface area contributed by atoms with Gasteiger partial charge in [-0.3, -0.25) is 0 Å². The van der Waals surface area contributed by atoms with Crippen molar-refractivity contribution in [1.82, 2.24) is 5.43 Å². The summed E-state index contributed by atoms with van der Waals surface area (Å²) in [5.41, 5.74) is 3.70.